The third-order valence-electron chi connectivity index (χ3n) is 3.27. The third kappa shape index (κ3) is 2.43. The largest absolute Gasteiger partial charge is 0.398 e. The van der Waals surface area contributed by atoms with E-state index in [1.165, 1.54) is 0 Å². The predicted octanol–water partition coefficient (Wildman–Crippen LogP) is 3.03. The van der Waals surface area contributed by atoms with E-state index in [4.69, 9.17) is 17.3 Å². The van der Waals surface area contributed by atoms with Crippen LogP contribution in [0.1, 0.15) is 32.1 Å². The SMILES string of the molecule is Nc1cccc(Cl)c1S(=O)(=O)C1CCCCC1. The molecular weight excluding hydrogens is 258 g/mol. The summed E-state index contributed by atoms with van der Waals surface area (Å²) in [5.74, 6) is 0. The van der Waals surface area contributed by atoms with Gasteiger partial charge >= 0.3 is 0 Å². The number of anilines is 1. The molecule has 1 fully saturated rings. The summed E-state index contributed by atoms with van der Waals surface area (Å²) in [4.78, 5) is 0.119. The zero-order valence-corrected chi connectivity index (χ0v) is 11.1. The number of benzene rings is 1. The normalized spacial score (nSPS) is 18.2. The second kappa shape index (κ2) is 4.86. The molecule has 0 spiro atoms. The molecular formula is C12H16ClNO2S. The fourth-order valence-corrected chi connectivity index (χ4v) is 4.90. The highest BCUT2D eigenvalue weighted by molar-refractivity contribution is 7.92. The molecule has 5 heteroatoms. The fourth-order valence-electron chi connectivity index (χ4n) is 2.37. The zero-order chi connectivity index (χ0) is 12.5. The molecule has 0 aromatic heterocycles. The third-order valence-corrected chi connectivity index (χ3v) is 6.07. The average Bonchev–Trinajstić information content (AvgIpc) is 2.29. The van der Waals surface area contributed by atoms with Crippen molar-refractivity contribution in [2.24, 2.45) is 0 Å². The van der Waals surface area contributed by atoms with Gasteiger partial charge in [-0.05, 0) is 25.0 Å². The number of hydrogen-bond acceptors (Lipinski definition) is 3. The van der Waals surface area contributed by atoms with Gasteiger partial charge < -0.3 is 5.73 Å². The lowest BCUT2D eigenvalue weighted by Crippen LogP contribution is -2.25. The van der Waals surface area contributed by atoms with Crippen molar-refractivity contribution in [3.63, 3.8) is 0 Å². The van der Waals surface area contributed by atoms with E-state index >= 15 is 0 Å². The lowest BCUT2D eigenvalue weighted by molar-refractivity contribution is 0.484. The number of nitrogen functional groups attached to an aromatic ring is 1. The number of nitrogens with two attached hydrogens (primary N) is 1. The Morgan fingerprint density at radius 1 is 1.18 bits per heavy atom. The molecule has 1 aromatic carbocycles. The van der Waals surface area contributed by atoms with E-state index in [1.807, 2.05) is 0 Å². The molecule has 0 amide bonds. The van der Waals surface area contributed by atoms with Gasteiger partial charge in [0.1, 0.15) is 4.90 Å². The summed E-state index contributed by atoms with van der Waals surface area (Å²) in [6.45, 7) is 0. The minimum absolute atomic E-state index is 0.119. The van der Waals surface area contributed by atoms with Crippen LogP contribution in [0.5, 0.6) is 0 Å². The second-order valence-corrected chi connectivity index (χ2v) is 7.04. The van der Waals surface area contributed by atoms with Gasteiger partial charge in [0, 0.05) is 0 Å². The number of halogens is 1. The van der Waals surface area contributed by atoms with Crippen molar-refractivity contribution in [1.82, 2.24) is 0 Å². The molecule has 1 aromatic rings. The van der Waals surface area contributed by atoms with E-state index in [0.717, 1.165) is 19.3 Å². The Labute approximate surface area is 107 Å². The first-order valence-electron chi connectivity index (χ1n) is 5.81. The molecule has 3 nitrogen and oxygen atoms in total. The lowest BCUT2D eigenvalue weighted by Gasteiger charge is -2.22. The van der Waals surface area contributed by atoms with E-state index in [-0.39, 0.29) is 20.9 Å². The summed E-state index contributed by atoms with van der Waals surface area (Å²) in [7, 11) is -3.38. The van der Waals surface area contributed by atoms with Crippen molar-refractivity contribution in [2.45, 2.75) is 42.2 Å². The first kappa shape index (κ1) is 12.7. The van der Waals surface area contributed by atoms with E-state index < -0.39 is 9.84 Å². The predicted molar refractivity (Wildman–Crippen MR) is 69.9 cm³/mol. The fraction of sp³-hybridized carbons (Fsp3) is 0.500. The van der Waals surface area contributed by atoms with Crippen LogP contribution in [0.25, 0.3) is 0 Å². The molecule has 0 atom stereocenters. The molecule has 94 valence electrons. The van der Waals surface area contributed by atoms with Gasteiger partial charge in [-0.25, -0.2) is 8.42 Å². The van der Waals surface area contributed by atoms with Gasteiger partial charge in [-0.1, -0.05) is 36.9 Å². The maximum Gasteiger partial charge on any atom is 0.184 e. The first-order chi connectivity index (χ1) is 8.03. The van der Waals surface area contributed by atoms with Gasteiger partial charge in [0.15, 0.2) is 9.84 Å². The summed E-state index contributed by atoms with van der Waals surface area (Å²) in [5.41, 5.74) is 6.00. The van der Waals surface area contributed by atoms with Crippen LogP contribution in [0.15, 0.2) is 23.1 Å². The lowest BCUT2D eigenvalue weighted by atomic mass is 10.0. The van der Waals surface area contributed by atoms with E-state index in [1.54, 1.807) is 18.2 Å². The van der Waals surface area contributed by atoms with Crippen LogP contribution in [-0.2, 0) is 9.84 Å². The first-order valence-corrected chi connectivity index (χ1v) is 7.74. The van der Waals surface area contributed by atoms with Gasteiger partial charge in [0.05, 0.1) is 16.0 Å². The summed E-state index contributed by atoms with van der Waals surface area (Å²) in [6.07, 6.45) is 4.48. The molecule has 0 saturated heterocycles. The summed E-state index contributed by atoms with van der Waals surface area (Å²) in [5, 5.41) is -0.0889. The van der Waals surface area contributed by atoms with Crippen LogP contribution < -0.4 is 5.73 Å². The van der Waals surface area contributed by atoms with E-state index in [2.05, 4.69) is 0 Å². The van der Waals surface area contributed by atoms with Crippen LogP contribution in [0.2, 0.25) is 5.02 Å². The molecule has 0 unspecified atom stereocenters. The minimum atomic E-state index is -3.38. The topological polar surface area (TPSA) is 60.2 Å². The zero-order valence-electron chi connectivity index (χ0n) is 9.52. The summed E-state index contributed by atoms with van der Waals surface area (Å²) < 4.78 is 24.9. The quantitative estimate of drug-likeness (QED) is 0.843. The molecule has 17 heavy (non-hydrogen) atoms. The van der Waals surface area contributed by atoms with Crippen molar-refractivity contribution in [3.05, 3.63) is 23.2 Å². The van der Waals surface area contributed by atoms with Crippen LogP contribution in [-0.4, -0.2) is 13.7 Å². The highest BCUT2D eigenvalue weighted by Gasteiger charge is 2.31. The van der Waals surface area contributed by atoms with Crippen LogP contribution >= 0.6 is 11.6 Å². The number of sulfone groups is 1. The molecule has 2 rings (SSSR count). The van der Waals surface area contributed by atoms with E-state index in [0.29, 0.717) is 12.8 Å². The van der Waals surface area contributed by atoms with Crippen molar-refractivity contribution in [1.29, 1.82) is 0 Å². The highest BCUT2D eigenvalue weighted by atomic mass is 35.5. The minimum Gasteiger partial charge on any atom is -0.398 e. The molecule has 1 aliphatic carbocycles. The molecule has 1 saturated carbocycles. The number of rotatable bonds is 2. The maximum atomic E-state index is 12.5. The van der Waals surface area contributed by atoms with Crippen molar-refractivity contribution in [3.8, 4) is 0 Å². The monoisotopic (exact) mass is 273 g/mol. The Bertz CT molecular complexity index is 487. The molecule has 0 radical (unpaired) electrons. The average molecular weight is 274 g/mol. The highest BCUT2D eigenvalue weighted by Crippen LogP contribution is 2.35. The van der Waals surface area contributed by atoms with E-state index in [9.17, 15) is 8.42 Å². The van der Waals surface area contributed by atoms with Crippen LogP contribution in [0.3, 0.4) is 0 Å². The Morgan fingerprint density at radius 2 is 1.82 bits per heavy atom. The van der Waals surface area contributed by atoms with Crippen molar-refractivity contribution in [2.75, 3.05) is 5.73 Å². The Balaban J connectivity index is 2.44. The Hall–Kier alpha value is -0.740. The van der Waals surface area contributed by atoms with Crippen LogP contribution in [0.4, 0.5) is 5.69 Å². The van der Waals surface area contributed by atoms with Gasteiger partial charge in [0.2, 0.25) is 0 Å². The smallest absolute Gasteiger partial charge is 0.184 e. The molecule has 0 heterocycles. The standard InChI is InChI=1S/C12H16ClNO2S/c13-10-7-4-8-11(14)12(10)17(15,16)9-5-2-1-3-6-9/h4,7-9H,1-3,5-6,14H2. The van der Waals surface area contributed by atoms with Gasteiger partial charge in [-0.3, -0.25) is 0 Å². The van der Waals surface area contributed by atoms with Crippen molar-refractivity contribution >= 4 is 27.1 Å². The Morgan fingerprint density at radius 3 is 2.41 bits per heavy atom. The van der Waals surface area contributed by atoms with Crippen LogP contribution in [0, 0.1) is 0 Å². The molecule has 0 bridgehead atoms. The Kier molecular flexibility index (Phi) is 3.64. The van der Waals surface area contributed by atoms with Crippen molar-refractivity contribution < 1.29 is 8.42 Å². The van der Waals surface area contributed by atoms with Gasteiger partial charge in [0.25, 0.3) is 0 Å². The molecule has 2 N–H and O–H groups in total. The maximum absolute atomic E-state index is 12.5. The van der Waals surface area contributed by atoms with Gasteiger partial charge in [-0.2, -0.15) is 0 Å². The summed E-state index contributed by atoms with van der Waals surface area (Å²) in [6, 6.07) is 4.83. The second-order valence-electron chi connectivity index (χ2n) is 4.46. The molecule has 0 aliphatic heterocycles. The molecule has 1 aliphatic rings. The summed E-state index contributed by atoms with van der Waals surface area (Å²) >= 11 is 5.97. The van der Waals surface area contributed by atoms with Gasteiger partial charge in [-0.15, -0.1) is 0 Å². The number of hydrogen-bond donors (Lipinski definition) is 1.